The van der Waals surface area contributed by atoms with Crippen molar-refractivity contribution in [1.29, 1.82) is 0 Å². The molecule has 0 aliphatic rings. The van der Waals surface area contributed by atoms with Gasteiger partial charge >= 0.3 is 0 Å². The molecule has 160 valence electrons. The van der Waals surface area contributed by atoms with E-state index in [9.17, 15) is 9.90 Å². The number of benzene rings is 3. The Kier molecular flexibility index (Phi) is 6.88. The molecule has 0 saturated carbocycles. The number of aliphatic hydroxyl groups is 1. The molecule has 0 fully saturated rings. The zero-order chi connectivity index (χ0) is 22.4. The maximum absolute atomic E-state index is 13.2. The molecule has 3 aromatic rings. The van der Waals surface area contributed by atoms with Gasteiger partial charge in [-0.05, 0) is 68.7 Å². The van der Waals surface area contributed by atoms with Crippen LogP contribution < -0.4 is 10.2 Å². The van der Waals surface area contributed by atoms with Gasteiger partial charge in [0.25, 0.3) is 5.91 Å². The Morgan fingerprint density at radius 1 is 0.903 bits per heavy atom. The third kappa shape index (κ3) is 5.01. The molecular weight excluding hydrogens is 388 g/mol. The normalized spacial score (nSPS) is 11.8. The summed E-state index contributed by atoms with van der Waals surface area (Å²) in [6.07, 6.45) is 0. The van der Waals surface area contributed by atoms with Crippen LogP contribution in [0.3, 0.4) is 0 Å². The van der Waals surface area contributed by atoms with Gasteiger partial charge in [-0.2, -0.15) is 5.10 Å². The van der Waals surface area contributed by atoms with Crippen LogP contribution in [-0.2, 0) is 10.4 Å². The number of hydrazone groups is 1. The second-order valence-electron chi connectivity index (χ2n) is 7.54. The van der Waals surface area contributed by atoms with E-state index in [1.165, 1.54) is 0 Å². The quantitative estimate of drug-likeness (QED) is 0.441. The van der Waals surface area contributed by atoms with Gasteiger partial charge in [-0.15, -0.1) is 0 Å². The van der Waals surface area contributed by atoms with Crippen LogP contribution >= 0.6 is 0 Å². The molecule has 3 aromatic carbocycles. The molecule has 0 aromatic heterocycles. The molecule has 0 bridgehead atoms. The number of nitrogens with one attached hydrogen (secondary N) is 1. The van der Waals surface area contributed by atoms with E-state index in [1.807, 2.05) is 69.3 Å². The number of amides is 1. The number of carbonyl (C=O) groups is 1. The van der Waals surface area contributed by atoms with Crippen molar-refractivity contribution in [1.82, 2.24) is 5.43 Å². The van der Waals surface area contributed by atoms with E-state index in [1.54, 1.807) is 31.2 Å². The van der Waals surface area contributed by atoms with Crippen molar-refractivity contribution >= 4 is 11.6 Å². The van der Waals surface area contributed by atoms with Crippen molar-refractivity contribution in [2.24, 2.45) is 5.10 Å². The lowest BCUT2D eigenvalue weighted by Gasteiger charge is -2.27. The highest BCUT2D eigenvalue weighted by atomic mass is 16.5. The van der Waals surface area contributed by atoms with Crippen molar-refractivity contribution in [3.8, 4) is 5.75 Å². The Balaban J connectivity index is 1.90. The van der Waals surface area contributed by atoms with Crippen molar-refractivity contribution in [2.45, 2.75) is 33.3 Å². The molecule has 5 heteroatoms. The Hall–Kier alpha value is -3.44. The average Bonchev–Trinajstić information content (AvgIpc) is 2.78. The Morgan fingerprint density at radius 3 is 1.84 bits per heavy atom. The molecule has 1 amide bonds. The molecule has 2 N–H and O–H groups in total. The SMILES string of the molecule is CCOc1ccc(/C(C)=N\NC(=O)C(O)(c2ccc(C)cc2)c2ccc(C)cc2)cc1. The van der Waals surface area contributed by atoms with Crippen LogP contribution in [0.1, 0.15) is 41.7 Å². The molecule has 0 aliphatic carbocycles. The molecule has 0 atom stereocenters. The third-order valence-corrected chi connectivity index (χ3v) is 5.18. The second-order valence-corrected chi connectivity index (χ2v) is 7.54. The number of carbonyl (C=O) groups excluding carboxylic acids is 1. The van der Waals surface area contributed by atoms with Gasteiger partial charge in [-0.3, -0.25) is 4.79 Å². The number of hydrogen-bond acceptors (Lipinski definition) is 4. The van der Waals surface area contributed by atoms with E-state index in [0.717, 1.165) is 22.4 Å². The first-order valence-corrected chi connectivity index (χ1v) is 10.3. The zero-order valence-corrected chi connectivity index (χ0v) is 18.3. The molecule has 0 heterocycles. The molecule has 0 unspecified atom stereocenters. The highest BCUT2D eigenvalue weighted by molar-refractivity contribution is 6.00. The molecule has 0 saturated heterocycles. The predicted molar refractivity (Wildman–Crippen MR) is 123 cm³/mol. The summed E-state index contributed by atoms with van der Waals surface area (Å²) in [5.41, 5.74) is 5.19. The third-order valence-electron chi connectivity index (χ3n) is 5.18. The van der Waals surface area contributed by atoms with E-state index >= 15 is 0 Å². The maximum atomic E-state index is 13.2. The van der Waals surface area contributed by atoms with Crippen molar-refractivity contribution in [3.63, 3.8) is 0 Å². The summed E-state index contributed by atoms with van der Waals surface area (Å²) in [4.78, 5) is 13.2. The van der Waals surface area contributed by atoms with Gasteiger partial charge in [0.2, 0.25) is 0 Å². The fourth-order valence-electron chi connectivity index (χ4n) is 3.26. The number of nitrogens with zero attached hydrogens (tertiary/aromatic N) is 1. The largest absolute Gasteiger partial charge is 0.494 e. The van der Waals surface area contributed by atoms with Crippen LogP contribution in [0.15, 0.2) is 77.9 Å². The highest BCUT2D eigenvalue weighted by Gasteiger charge is 2.40. The van der Waals surface area contributed by atoms with Gasteiger partial charge in [0, 0.05) is 0 Å². The molecule has 3 rings (SSSR count). The van der Waals surface area contributed by atoms with Crippen LogP contribution in [0.25, 0.3) is 0 Å². The molecule has 5 nitrogen and oxygen atoms in total. The van der Waals surface area contributed by atoms with Crippen molar-refractivity contribution in [2.75, 3.05) is 6.61 Å². The van der Waals surface area contributed by atoms with Crippen LogP contribution in [0.2, 0.25) is 0 Å². The van der Waals surface area contributed by atoms with Crippen LogP contribution in [0.4, 0.5) is 0 Å². The van der Waals surface area contributed by atoms with E-state index in [0.29, 0.717) is 23.4 Å². The summed E-state index contributed by atoms with van der Waals surface area (Å²) in [5.74, 6) is 0.154. The van der Waals surface area contributed by atoms with Crippen molar-refractivity contribution in [3.05, 3.63) is 101 Å². The van der Waals surface area contributed by atoms with Crippen LogP contribution in [-0.4, -0.2) is 23.3 Å². The minimum absolute atomic E-state index is 0.480. The summed E-state index contributed by atoms with van der Waals surface area (Å²) >= 11 is 0. The molecule has 31 heavy (non-hydrogen) atoms. The van der Waals surface area contributed by atoms with Gasteiger partial charge in [-0.25, -0.2) is 5.43 Å². The summed E-state index contributed by atoms with van der Waals surface area (Å²) in [6, 6.07) is 22.0. The molecule has 0 aliphatic heterocycles. The summed E-state index contributed by atoms with van der Waals surface area (Å²) < 4.78 is 5.46. The van der Waals surface area contributed by atoms with E-state index in [-0.39, 0.29) is 0 Å². The maximum Gasteiger partial charge on any atom is 0.281 e. The number of aryl methyl sites for hydroxylation is 2. The zero-order valence-electron chi connectivity index (χ0n) is 18.3. The Labute approximate surface area is 183 Å². The smallest absolute Gasteiger partial charge is 0.281 e. The van der Waals surface area contributed by atoms with Gasteiger partial charge in [0.05, 0.1) is 12.3 Å². The first-order chi connectivity index (χ1) is 14.8. The lowest BCUT2D eigenvalue weighted by Crippen LogP contribution is -2.44. The summed E-state index contributed by atoms with van der Waals surface area (Å²) in [6.45, 7) is 8.24. The lowest BCUT2D eigenvalue weighted by molar-refractivity contribution is -0.136. The van der Waals surface area contributed by atoms with Crippen LogP contribution in [0, 0.1) is 13.8 Å². The van der Waals surface area contributed by atoms with Crippen LogP contribution in [0.5, 0.6) is 5.75 Å². The first-order valence-electron chi connectivity index (χ1n) is 10.3. The number of ether oxygens (including phenoxy) is 1. The van der Waals surface area contributed by atoms with Gasteiger partial charge in [0.15, 0.2) is 5.60 Å². The topological polar surface area (TPSA) is 70.9 Å². The van der Waals surface area contributed by atoms with E-state index in [4.69, 9.17) is 4.74 Å². The van der Waals surface area contributed by atoms with Gasteiger partial charge in [-0.1, -0.05) is 59.7 Å². The second kappa shape index (κ2) is 9.58. The Morgan fingerprint density at radius 2 is 1.39 bits per heavy atom. The fraction of sp³-hybridized carbons (Fsp3) is 0.231. The van der Waals surface area contributed by atoms with Gasteiger partial charge in [0.1, 0.15) is 5.75 Å². The number of hydrogen-bond donors (Lipinski definition) is 2. The summed E-state index contributed by atoms with van der Waals surface area (Å²) in [5, 5.41) is 15.8. The van der Waals surface area contributed by atoms with E-state index in [2.05, 4.69) is 10.5 Å². The standard InChI is InChI=1S/C26H28N2O3/c1-5-31-24-16-10-21(11-17-24)20(4)27-28-25(29)26(30,22-12-6-18(2)7-13-22)23-14-8-19(3)9-15-23/h6-17,30H,5H2,1-4H3,(H,28,29)/b27-20-. The first kappa shape index (κ1) is 22.2. The Bertz CT molecular complexity index is 1010. The lowest BCUT2D eigenvalue weighted by atomic mass is 9.85. The average molecular weight is 417 g/mol. The number of rotatable bonds is 7. The predicted octanol–water partition coefficient (Wildman–Crippen LogP) is 4.48. The van der Waals surface area contributed by atoms with Gasteiger partial charge < -0.3 is 9.84 Å². The van der Waals surface area contributed by atoms with E-state index < -0.39 is 11.5 Å². The molecule has 0 radical (unpaired) electrons. The summed E-state index contributed by atoms with van der Waals surface area (Å²) in [7, 11) is 0. The molecule has 0 spiro atoms. The fourth-order valence-corrected chi connectivity index (χ4v) is 3.26. The molecular formula is C26H28N2O3. The monoisotopic (exact) mass is 416 g/mol. The van der Waals surface area contributed by atoms with Crippen molar-refractivity contribution < 1.29 is 14.6 Å². The minimum atomic E-state index is -1.87. The minimum Gasteiger partial charge on any atom is -0.494 e. The highest BCUT2D eigenvalue weighted by Crippen LogP contribution is 2.30.